The maximum atomic E-state index is 2.35. The van der Waals surface area contributed by atoms with Crippen molar-refractivity contribution in [2.75, 3.05) is 0 Å². The Morgan fingerprint density at radius 1 is 0.529 bits per heavy atom. The van der Waals surface area contributed by atoms with E-state index in [1.807, 2.05) is 0 Å². The second kappa shape index (κ2) is 15.5. The molecule has 0 aromatic carbocycles. The quantitative estimate of drug-likeness (QED) is 0.270. The van der Waals surface area contributed by atoms with E-state index >= 15 is 0 Å². The molecule has 0 saturated carbocycles. The van der Waals surface area contributed by atoms with Gasteiger partial charge in [-0.15, -0.1) is 0 Å². The molecule has 0 heteroatoms. The van der Waals surface area contributed by atoms with Crippen molar-refractivity contribution in [2.24, 2.45) is 0 Å². The highest BCUT2D eigenvalue weighted by Crippen LogP contribution is 2.06. The third-order valence-corrected chi connectivity index (χ3v) is 3.05. The van der Waals surface area contributed by atoms with E-state index < -0.39 is 0 Å². The molecule has 0 aliphatic heterocycles. The van der Waals surface area contributed by atoms with Gasteiger partial charge in [0, 0.05) is 0 Å². The molecule has 0 atom stereocenters. The van der Waals surface area contributed by atoms with E-state index in [2.05, 4.69) is 38.2 Å². The van der Waals surface area contributed by atoms with Crippen LogP contribution in [-0.2, 0) is 0 Å². The Bertz CT molecular complexity index is 176. The summed E-state index contributed by atoms with van der Waals surface area (Å²) in [6.07, 6.45) is 24.0. The Balaban J connectivity index is 3.13. The Kier molecular flexibility index (Phi) is 15.0. The monoisotopic (exact) mass is 236 g/mol. The molecule has 0 radical (unpaired) electrons. The average molecular weight is 236 g/mol. The summed E-state index contributed by atoms with van der Waals surface area (Å²) >= 11 is 0. The fourth-order valence-corrected chi connectivity index (χ4v) is 1.88. The van der Waals surface area contributed by atoms with Gasteiger partial charge in [-0.1, -0.05) is 76.7 Å². The van der Waals surface area contributed by atoms with E-state index in [-0.39, 0.29) is 0 Å². The number of hydrogen-bond acceptors (Lipinski definition) is 0. The molecule has 100 valence electrons. The van der Waals surface area contributed by atoms with Crippen molar-refractivity contribution in [1.29, 1.82) is 0 Å². The standard InChI is InChI=1S/C17H32/c1-3-5-7-9-11-13-15-17-16-14-12-10-8-6-4-2/h11,13,16-17H,3-10,12,14-15H2,1-2H3/b13-11?,17-16+. The normalized spacial score (nSPS) is 11.9. The summed E-state index contributed by atoms with van der Waals surface area (Å²) in [7, 11) is 0. The highest BCUT2D eigenvalue weighted by Gasteiger charge is 1.86. The maximum absolute atomic E-state index is 2.35. The molecule has 0 heterocycles. The number of rotatable bonds is 12. The van der Waals surface area contributed by atoms with Crippen molar-refractivity contribution in [3.8, 4) is 0 Å². The summed E-state index contributed by atoms with van der Waals surface area (Å²) < 4.78 is 0. The second-order valence-corrected chi connectivity index (χ2v) is 4.88. The number of unbranched alkanes of at least 4 members (excludes halogenated alkanes) is 8. The lowest BCUT2D eigenvalue weighted by Gasteiger charge is -1.95. The van der Waals surface area contributed by atoms with Crippen LogP contribution >= 0.6 is 0 Å². The summed E-state index contributed by atoms with van der Waals surface area (Å²) in [5, 5.41) is 0. The largest absolute Gasteiger partial charge is 0.0882 e. The maximum Gasteiger partial charge on any atom is -0.0169 e. The van der Waals surface area contributed by atoms with Gasteiger partial charge < -0.3 is 0 Å². The van der Waals surface area contributed by atoms with Crippen LogP contribution in [0.25, 0.3) is 0 Å². The summed E-state index contributed by atoms with van der Waals surface area (Å²) in [6.45, 7) is 4.53. The van der Waals surface area contributed by atoms with Crippen molar-refractivity contribution in [1.82, 2.24) is 0 Å². The first-order valence-electron chi connectivity index (χ1n) is 7.71. The Morgan fingerprint density at radius 3 is 1.59 bits per heavy atom. The molecule has 0 aromatic heterocycles. The first-order valence-corrected chi connectivity index (χ1v) is 7.71. The summed E-state index contributed by atoms with van der Waals surface area (Å²) in [6, 6.07) is 0. The van der Waals surface area contributed by atoms with Gasteiger partial charge in [-0.25, -0.2) is 0 Å². The lowest BCUT2D eigenvalue weighted by atomic mass is 10.1. The molecular formula is C17H32. The lowest BCUT2D eigenvalue weighted by Crippen LogP contribution is -1.75. The number of hydrogen-bond donors (Lipinski definition) is 0. The van der Waals surface area contributed by atoms with Gasteiger partial charge in [0.1, 0.15) is 0 Å². The molecule has 0 fully saturated rings. The SMILES string of the molecule is CCCCCC=CC/C=C/CCCCCCC. The second-order valence-electron chi connectivity index (χ2n) is 4.88. The molecule has 0 nitrogen and oxygen atoms in total. The minimum Gasteiger partial charge on any atom is -0.0882 e. The molecule has 17 heavy (non-hydrogen) atoms. The topological polar surface area (TPSA) is 0 Å². The molecule has 0 N–H and O–H groups in total. The summed E-state index contributed by atoms with van der Waals surface area (Å²) in [5.41, 5.74) is 0. The molecule has 0 aromatic rings. The first-order chi connectivity index (χ1) is 8.41. The van der Waals surface area contributed by atoms with Crippen LogP contribution in [0.3, 0.4) is 0 Å². The molecule has 0 aliphatic rings. The van der Waals surface area contributed by atoms with E-state index in [0.717, 1.165) is 6.42 Å². The van der Waals surface area contributed by atoms with E-state index in [0.29, 0.717) is 0 Å². The van der Waals surface area contributed by atoms with Crippen molar-refractivity contribution in [3.63, 3.8) is 0 Å². The average Bonchev–Trinajstić information content (AvgIpc) is 2.35. The molecule has 0 saturated heterocycles. The lowest BCUT2D eigenvalue weighted by molar-refractivity contribution is 0.637. The van der Waals surface area contributed by atoms with Crippen LogP contribution < -0.4 is 0 Å². The van der Waals surface area contributed by atoms with Crippen molar-refractivity contribution in [2.45, 2.75) is 84.5 Å². The van der Waals surface area contributed by atoms with Crippen LogP contribution in [0.1, 0.15) is 84.5 Å². The summed E-state index contributed by atoms with van der Waals surface area (Å²) in [5.74, 6) is 0. The predicted octanol–water partition coefficient (Wildman–Crippen LogP) is 6.43. The predicted molar refractivity (Wildman–Crippen MR) is 80.4 cm³/mol. The zero-order valence-corrected chi connectivity index (χ0v) is 12.1. The third kappa shape index (κ3) is 15.5. The van der Waals surface area contributed by atoms with Crippen LogP contribution in [0, 0.1) is 0 Å². The van der Waals surface area contributed by atoms with Crippen LogP contribution in [0.5, 0.6) is 0 Å². The molecule has 0 spiro atoms. The van der Waals surface area contributed by atoms with E-state index in [1.165, 1.54) is 64.2 Å². The smallest absolute Gasteiger partial charge is 0.0169 e. The van der Waals surface area contributed by atoms with Gasteiger partial charge in [-0.3, -0.25) is 0 Å². The zero-order valence-electron chi connectivity index (χ0n) is 12.1. The van der Waals surface area contributed by atoms with Crippen molar-refractivity contribution < 1.29 is 0 Å². The van der Waals surface area contributed by atoms with Gasteiger partial charge in [0.15, 0.2) is 0 Å². The zero-order chi connectivity index (χ0) is 12.6. The van der Waals surface area contributed by atoms with Gasteiger partial charge >= 0.3 is 0 Å². The fourth-order valence-electron chi connectivity index (χ4n) is 1.88. The highest BCUT2D eigenvalue weighted by atomic mass is 13.9. The van der Waals surface area contributed by atoms with Gasteiger partial charge in [0.05, 0.1) is 0 Å². The molecule has 0 unspecified atom stereocenters. The minimum atomic E-state index is 1.13. The minimum absolute atomic E-state index is 1.13. The van der Waals surface area contributed by atoms with E-state index in [4.69, 9.17) is 0 Å². The van der Waals surface area contributed by atoms with Gasteiger partial charge in [0.25, 0.3) is 0 Å². The highest BCUT2D eigenvalue weighted by molar-refractivity contribution is 4.92. The van der Waals surface area contributed by atoms with Crippen molar-refractivity contribution in [3.05, 3.63) is 24.3 Å². The van der Waals surface area contributed by atoms with Gasteiger partial charge in [-0.2, -0.15) is 0 Å². The Labute approximate surface area is 109 Å². The Hall–Kier alpha value is -0.520. The third-order valence-electron chi connectivity index (χ3n) is 3.05. The molecule has 0 rings (SSSR count). The molecule has 0 bridgehead atoms. The van der Waals surface area contributed by atoms with Crippen molar-refractivity contribution >= 4 is 0 Å². The Morgan fingerprint density at radius 2 is 1.00 bits per heavy atom. The van der Waals surface area contributed by atoms with Crippen LogP contribution in [0.2, 0.25) is 0 Å². The van der Waals surface area contributed by atoms with E-state index in [1.54, 1.807) is 0 Å². The number of allylic oxidation sites excluding steroid dienone is 4. The summed E-state index contributed by atoms with van der Waals surface area (Å²) in [4.78, 5) is 0. The van der Waals surface area contributed by atoms with Gasteiger partial charge in [-0.05, 0) is 32.1 Å². The molecule has 0 amide bonds. The van der Waals surface area contributed by atoms with Crippen LogP contribution in [0.4, 0.5) is 0 Å². The van der Waals surface area contributed by atoms with Crippen LogP contribution in [0.15, 0.2) is 24.3 Å². The van der Waals surface area contributed by atoms with Crippen LogP contribution in [-0.4, -0.2) is 0 Å². The molecular weight excluding hydrogens is 204 g/mol. The van der Waals surface area contributed by atoms with Gasteiger partial charge in [0.2, 0.25) is 0 Å². The first kappa shape index (κ1) is 16.5. The van der Waals surface area contributed by atoms with E-state index in [9.17, 15) is 0 Å². The molecule has 0 aliphatic carbocycles. The fraction of sp³-hybridized carbons (Fsp3) is 0.765.